The van der Waals surface area contributed by atoms with Crippen molar-refractivity contribution in [2.24, 2.45) is 7.05 Å². The van der Waals surface area contributed by atoms with Crippen molar-refractivity contribution >= 4 is 21.4 Å². The van der Waals surface area contributed by atoms with Gasteiger partial charge in [-0.25, -0.2) is 4.68 Å². The molecule has 7 heteroatoms. The van der Waals surface area contributed by atoms with E-state index < -0.39 is 0 Å². The summed E-state index contributed by atoms with van der Waals surface area (Å²) >= 11 is 1.44. The molecule has 0 atom stereocenters. The highest BCUT2D eigenvalue weighted by molar-refractivity contribution is 7.18. The molecule has 118 valence electrons. The zero-order chi connectivity index (χ0) is 16.5. The van der Waals surface area contributed by atoms with Gasteiger partial charge in [0.15, 0.2) is 0 Å². The van der Waals surface area contributed by atoms with Crippen molar-refractivity contribution in [2.45, 2.75) is 0 Å². The van der Waals surface area contributed by atoms with Gasteiger partial charge >= 0.3 is 0 Å². The summed E-state index contributed by atoms with van der Waals surface area (Å²) in [4.78, 5) is 20.7. The summed E-state index contributed by atoms with van der Waals surface area (Å²) in [5.74, 6) is 0.967. The smallest absolute Gasteiger partial charge is 0.276 e. The molecule has 0 N–H and O–H groups in total. The van der Waals surface area contributed by atoms with Crippen LogP contribution < -0.4 is 10.3 Å². The maximum atomic E-state index is 12.6. The molecule has 0 fully saturated rings. The maximum absolute atomic E-state index is 12.6. The molecule has 0 aliphatic rings. The van der Waals surface area contributed by atoms with Crippen LogP contribution in [0.2, 0.25) is 0 Å². The third-order valence-corrected chi connectivity index (χ3v) is 4.54. The fourth-order valence-corrected chi connectivity index (χ4v) is 3.43. The van der Waals surface area contributed by atoms with Crippen LogP contribution in [-0.2, 0) is 7.05 Å². The van der Waals surface area contributed by atoms with Crippen molar-refractivity contribution in [1.82, 2.24) is 19.7 Å². The van der Waals surface area contributed by atoms with Gasteiger partial charge in [0, 0.05) is 36.6 Å². The van der Waals surface area contributed by atoms with Gasteiger partial charge < -0.3 is 4.74 Å². The lowest BCUT2D eigenvalue weighted by molar-refractivity contribution is 0.447. The molecule has 0 saturated heterocycles. The summed E-state index contributed by atoms with van der Waals surface area (Å²) in [6, 6.07) is 7.33. The van der Waals surface area contributed by atoms with Crippen LogP contribution in [0.25, 0.3) is 21.2 Å². The molecule has 4 aromatic heterocycles. The molecule has 0 unspecified atom stereocenters. The highest BCUT2D eigenvalue weighted by Gasteiger charge is 2.17. The van der Waals surface area contributed by atoms with Gasteiger partial charge in [0.2, 0.25) is 0 Å². The second kappa shape index (κ2) is 5.86. The Balaban J connectivity index is 1.93. The first kappa shape index (κ1) is 14.5. The third-order valence-electron chi connectivity index (χ3n) is 3.57. The molecule has 6 nitrogen and oxygen atoms in total. The molecule has 0 amide bonds. The van der Waals surface area contributed by atoms with Crippen molar-refractivity contribution in [3.8, 4) is 22.8 Å². The first-order valence-electron chi connectivity index (χ1n) is 7.21. The van der Waals surface area contributed by atoms with Gasteiger partial charge in [-0.15, -0.1) is 16.4 Å². The number of aromatic nitrogens is 4. The number of fused-ring (bicyclic) bond motifs is 1. The standard InChI is InChI=1S/C17H12N4O2S/c1-21-17(22)14-13(11-4-7-18-8-5-11)10-24-15(14)16(20-21)23-12-3-2-6-19-9-12/h2-10H,1H3. The first-order chi connectivity index (χ1) is 11.7. The molecular weight excluding hydrogens is 324 g/mol. The normalized spacial score (nSPS) is 10.9. The van der Waals surface area contributed by atoms with Crippen molar-refractivity contribution < 1.29 is 4.74 Å². The fraction of sp³-hybridized carbons (Fsp3) is 0.0588. The average Bonchev–Trinajstić information content (AvgIpc) is 3.07. The molecular formula is C17H12N4O2S. The topological polar surface area (TPSA) is 69.9 Å². The van der Waals surface area contributed by atoms with Crippen molar-refractivity contribution in [1.29, 1.82) is 0 Å². The minimum atomic E-state index is -0.156. The van der Waals surface area contributed by atoms with Crippen LogP contribution in [0, 0.1) is 0 Å². The Kier molecular flexibility index (Phi) is 3.55. The highest BCUT2D eigenvalue weighted by Crippen LogP contribution is 2.36. The van der Waals surface area contributed by atoms with E-state index in [1.807, 2.05) is 17.5 Å². The number of hydrogen-bond acceptors (Lipinski definition) is 6. The van der Waals surface area contributed by atoms with E-state index in [0.29, 0.717) is 21.7 Å². The Hall–Kier alpha value is -3.06. The number of rotatable bonds is 3. The van der Waals surface area contributed by atoms with E-state index >= 15 is 0 Å². The molecule has 0 saturated carbocycles. The van der Waals surface area contributed by atoms with Crippen LogP contribution in [0.3, 0.4) is 0 Å². The largest absolute Gasteiger partial charge is 0.435 e. The molecule has 0 spiro atoms. The zero-order valence-corrected chi connectivity index (χ0v) is 13.5. The van der Waals surface area contributed by atoms with E-state index in [-0.39, 0.29) is 5.56 Å². The van der Waals surface area contributed by atoms with E-state index in [9.17, 15) is 4.79 Å². The fourth-order valence-electron chi connectivity index (χ4n) is 2.45. The molecule has 24 heavy (non-hydrogen) atoms. The Morgan fingerprint density at radius 3 is 2.71 bits per heavy atom. The Morgan fingerprint density at radius 2 is 1.96 bits per heavy atom. The second-order valence-electron chi connectivity index (χ2n) is 5.11. The number of thiophene rings is 1. The number of ether oxygens (including phenoxy) is 1. The second-order valence-corrected chi connectivity index (χ2v) is 5.99. The lowest BCUT2D eigenvalue weighted by Gasteiger charge is -2.07. The van der Waals surface area contributed by atoms with Crippen LogP contribution in [0.5, 0.6) is 11.6 Å². The highest BCUT2D eigenvalue weighted by atomic mass is 32.1. The molecule has 4 heterocycles. The summed E-state index contributed by atoms with van der Waals surface area (Å²) in [5, 5.41) is 6.80. The number of hydrogen-bond donors (Lipinski definition) is 0. The van der Waals surface area contributed by atoms with Crippen LogP contribution in [0.4, 0.5) is 0 Å². The molecule has 0 aromatic carbocycles. The maximum Gasteiger partial charge on any atom is 0.276 e. The van der Waals surface area contributed by atoms with E-state index in [0.717, 1.165) is 11.1 Å². The number of pyridine rings is 2. The number of aryl methyl sites for hydroxylation is 1. The SMILES string of the molecule is Cn1nc(Oc2cccnc2)c2scc(-c3ccncc3)c2c1=O. The molecule has 0 aliphatic carbocycles. The van der Waals surface area contributed by atoms with Crippen molar-refractivity contribution in [3.63, 3.8) is 0 Å². The molecule has 4 aromatic rings. The molecule has 0 radical (unpaired) electrons. The van der Waals surface area contributed by atoms with Gasteiger partial charge in [-0.05, 0) is 29.8 Å². The van der Waals surface area contributed by atoms with Gasteiger partial charge in [-0.3, -0.25) is 14.8 Å². The first-order valence-corrected chi connectivity index (χ1v) is 8.09. The Labute approximate surface area is 141 Å². The van der Waals surface area contributed by atoms with Gasteiger partial charge in [0.1, 0.15) is 10.4 Å². The zero-order valence-electron chi connectivity index (χ0n) is 12.7. The predicted molar refractivity (Wildman–Crippen MR) is 92.4 cm³/mol. The van der Waals surface area contributed by atoms with Crippen LogP contribution in [0.1, 0.15) is 0 Å². The van der Waals surface area contributed by atoms with Gasteiger partial charge in [0.05, 0.1) is 11.6 Å². The molecule has 0 aliphatic heterocycles. The summed E-state index contributed by atoms with van der Waals surface area (Å²) < 4.78 is 7.85. The van der Waals surface area contributed by atoms with Crippen LogP contribution >= 0.6 is 11.3 Å². The Morgan fingerprint density at radius 1 is 1.12 bits per heavy atom. The van der Waals surface area contributed by atoms with Crippen molar-refractivity contribution in [3.05, 3.63) is 64.8 Å². The molecule has 0 bridgehead atoms. The lowest BCUT2D eigenvalue weighted by atomic mass is 10.1. The van der Waals surface area contributed by atoms with Gasteiger partial charge in [-0.1, -0.05) is 0 Å². The van der Waals surface area contributed by atoms with E-state index in [1.54, 1.807) is 44.0 Å². The molecule has 4 rings (SSSR count). The van der Waals surface area contributed by atoms with Crippen LogP contribution in [0.15, 0.2) is 59.2 Å². The Bertz CT molecular complexity index is 1060. The monoisotopic (exact) mass is 336 g/mol. The van der Waals surface area contributed by atoms with E-state index in [2.05, 4.69) is 15.1 Å². The average molecular weight is 336 g/mol. The summed E-state index contributed by atoms with van der Waals surface area (Å²) in [5.41, 5.74) is 1.64. The number of nitrogens with zero attached hydrogens (tertiary/aromatic N) is 4. The summed E-state index contributed by atoms with van der Waals surface area (Å²) in [7, 11) is 1.62. The van der Waals surface area contributed by atoms with Crippen molar-refractivity contribution in [2.75, 3.05) is 0 Å². The van der Waals surface area contributed by atoms with Gasteiger partial charge in [0.25, 0.3) is 11.4 Å². The van der Waals surface area contributed by atoms with E-state index in [1.165, 1.54) is 16.0 Å². The van der Waals surface area contributed by atoms with Gasteiger partial charge in [-0.2, -0.15) is 0 Å². The quantitative estimate of drug-likeness (QED) is 0.574. The lowest BCUT2D eigenvalue weighted by Crippen LogP contribution is -2.19. The minimum absolute atomic E-state index is 0.156. The van der Waals surface area contributed by atoms with E-state index in [4.69, 9.17) is 4.74 Å². The minimum Gasteiger partial charge on any atom is -0.435 e. The predicted octanol–water partition coefficient (Wildman–Crippen LogP) is 3.24. The summed E-state index contributed by atoms with van der Waals surface area (Å²) in [6.07, 6.45) is 6.69. The summed E-state index contributed by atoms with van der Waals surface area (Å²) in [6.45, 7) is 0. The third kappa shape index (κ3) is 2.44. The van der Waals surface area contributed by atoms with Crippen LogP contribution in [-0.4, -0.2) is 19.7 Å².